The molecule has 0 fully saturated rings. The molecule has 0 radical (unpaired) electrons. The fraction of sp³-hybridized carbons (Fsp3) is 0.190. The topological polar surface area (TPSA) is 103 Å². The molecule has 33 heavy (non-hydrogen) atoms. The molecule has 0 aliphatic carbocycles. The van der Waals surface area contributed by atoms with Crippen LogP contribution in [-0.2, 0) is 12.8 Å². The Balaban J connectivity index is 1.74. The Bertz CT molecular complexity index is 1350. The summed E-state index contributed by atoms with van der Waals surface area (Å²) in [7, 11) is 0. The minimum absolute atomic E-state index is 0.00851. The third-order valence-electron chi connectivity index (χ3n) is 4.86. The molecule has 4 aromatic rings. The predicted octanol–water partition coefficient (Wildman–Crippen LogP) is 4.37. The number of carbonyl (C=O) groups excluding carboxylic acids is 1. The highest BCUT2D eigenvalue weighted by molar-refractivity contribution is 7.16. The molecular weight excluding hydrogens is 464 g/mol. The lowest BCUT2D eigenvalue weighted by Gasteiger charge is -2.19. The zero-order valence-corrected chi connectivity index (χ0v) is 17.7. The molecule has 0 aliphatic rings. The maximum atomic E-state index is 13.5. The lowest BCUT2D eigenvalue weighted by atomic mass is 10.0. The number of aliphatic hydroxyl groups is 1. The summed E-state index contributed by atoms with van der Waals surface area (Å²) in [5, 5.41) is 9.80. The van der Waals surface area contributed by atoms with E-state index in [2.05, 4.69) is 9.97 Å². The largest absolute Gasteiger partial charge is 0.484 e. The fourth-order valence-corrected chi connectivity index (χ4v) is 4.27. The van der Waals surface area contributed by atoms with E-state index in [1.165, 1.54) is 25.5 Å². The number of fused-ring (bicyclic) bond motifs is 1. The first-order valence-electron chi connectivity index (χ1n) is 9.48. The van der Waals surface area contributed by atoms with Crippen molar-refractivity contribution in [3.63, 3.8) is 0 Å². The summed E-state index contributed by atoms with van der Waals surface area (Å²) in [6.45, 7) is 1.07. The van der Waals surface area contributed by atoms with E-state index >= 15 is 0 Å². The van der Waals surface area contributed by atoms with Crippen LogP contribution in [0.1, 0.15) is 39.5 Å². The minimum atomic E-state index is -4.80. The highest BCUT2D eigenvalue weighted by Crippen LogP contribution is 2.39. The monoisotopic (exact) mass is 480 g/mol. The summed E-state index contributed by atoms with van der Waals surface area (Å²) in [5.74, 6) is -1.88. The molecule has 172 valence electrons. The van der Waals surface area contributed by atoms with Gasteiger partial charge in [-0.3, -0.25) is 14.3 Å². The number of alkyl halides is 3. The van der Waals surface area contributed by atoms with Gasteiger partial charge in [-0.15, -0.1) is 11.3 Å². The smallest absolute Gasteiger partial charge is 0.416 e. The molecule has 0 bridgehead atoms. The molecule has 7 nitrogen and oxygen atoms in total. The summed E-state index contributed by atoms with van der Waals surface area (Å²) in [6, 6.07) is 5.37. The number of nitrogens with zero attached hydrogens (tertiary/aromatic N) is 3. The van der Waals surface area contributed by atoms with Gasteiger partial charge in [0.25, 0.3) is 5.91 Å². The van der Waals surface area contributed by atoms with E-state index in [9.17, 15) is 27.5 Å². The number of nitrogens with two attached hydrogens (primary N) is 1. The fourth-order valence-electron chi connectivity index (χ4n) is 3.34. The van der Waals surface area contributed by atoms with Crippen molar-refractivity contribution >= 4 is 28.3 Å². The second kappa shape index (κ2) is 8.45. The normalized spacial score (nSPS) is 12.8. The van der Waals surface area contributed by atoms with Crippen molar-refractivity contribution in [2.24, 2.45) is 5.73 Å². The second-order valence-electron chi connectivity index (χ2n) is 7.07. The quantitative estimate of drug-likeness (QED) is 0.399. The highest BCUT2D eigenvalue weighted by Gasteiger charge is 2.36. The van der Waals surface area contributed by atoms with E-state index in [1.54, 1.807) is 10.6 Å². The van der Waals surface area contributed by atoms with Crippen molar-refractivity contribution < 1.29 is 32.2 Å². The van der Waals surface area contributed by atoms with Gasteiger partial charge in [-0.05, 0) is 25.1 Å². The van der Waals surface area contributed by atoms with Crippen LogP contribution in [0.2, 0.25) is 0 Å². The SMILES string of the molecule is CC(Oc1cc(-n2cnc3cnc(CO)cc32)sc1C(N)=O)c1ccc(F)cc1C(F)(F)F. The van der Waals surface area contributed by atoms with Crippen molar-refractivity contribution in [1.82, 2.24) is 14.5 Å². The molecule has 3 heterocycles. The van der Waals surface area contributed by atoms with Crippen LogP contribution in [0.25, 0.3) is 16.0 Å². The molecule has 1 amide bonds. The number of rotatable bonds is 6. The van der Waals surface area contributed by atoms with Gasteiger partial charge >= 0.3 is 6.18 Å². The molecule has 0 saturated carbocycles. The van der Waals surface area contributed by atoms with Crippen molar-refractivity contribution in [2.75, 3.05) is 0 Å². The summed E-state index contributed by atoms with van der Waals surface area (Å²) < 4.78 is 61.0. The molecular formula is C21H16F4N4O3S. The van der Waals surface area contributed by atoms with Gasteiger partial charge in [0.1, 0.15) is 39.4 Å². The van der Waals surface area contributed by atoms with Crippen LogP contribution in [0.15, 0.2) is 42.9 Å². The van der Waals surface area contributed by atoms with Crippen molar-refractivity contribution in [3.8, 4) is 10.8 Å². The van der Waals surface area contributed by atoms with Gasteiger partial charge in [0, 0.05) is 11.6 Å². The number of carbonyl (C=O) groups is 1. The zero-order chi connectivity index (χ0) is 23.9. The Kier molecular flexibility index (Phi) is 5.80. The van der Waals surface area contributed by atoms with Gasteiger partial charge in [-0.25, -0.2) is 9.37 Å². The molecule has 3 aromatic heterocycles. The number of aliphatic hydroxyl groups excluding tert-OH is 1. The minimum Gasteiger partial charge on any atom is -0.484 e. The van der Waals surface area contributed by atoms with Crippen LogP contribution >= 0.6 is 11.3 Å². The van der Waals surface area contributed by atoms with Gasteiger partial charge in [0.05, 0.1) is 29.6 Å². The average Bonchev–Trinajstić information content (AvgIpc) is 3.36. The molecule has 4 rings (SSSR count). The van der Waals surface area contributed by atoms with Gasteiger partial charge in [-0.2, -0.15) is 13.2 Å². The van der Waals surface area contributed by atoms with Gasteiger partial charge in [0.2, 0.25) is 0 Å². The Labute approximate surface area is 188 Å². The molecule has 1 unspecified atom stereocenters. The van der Waals surface area contributed by atoms with E-state index in [-0.39, 0.29) is 22.8 Å². The Morgan fingerprint density at radius 2 is 2.03 bits per heavy atom. The lowest BCUT2D eigenvalue weighted by molar-refractivity contribution is -0.139. The number of hydrogen-bond donors (Lipinski definition) is 2. The predicted molar refractivity (Wildman–Crippen MR) is 112 cm³/mol. The zero-order valence-electron chi connectivity index (χ0n) is 16.9. The molecule has 0 aliphatic heterocycles. The van der Waals surface area contributed by atoms with Gasteiger partial charge < -0.3 is 15.6 Å². The number of halogens is 4. The summed E-state index contributed by atoms with van der Waals surface area (Å²) in [5.41, 5.74) is 5.52. The van der Waals surface area contributed by atoms with Gasteiger partial charge in [0.15, 0.2) is 0 Å². The lowest BCUT2D eigenvalue weighted by Crippen LogP contribution is -2.16. The maximum Gasteiger partial charge on any atom is 0.416 e. The summed E-state index contributed by atoms with van der Waals surface area (Å²) in [4.78, 5) is 20.3. The second-order valence-corrected chi connectivity index (χ2v) is 8.10. The molecule has 0 spiro atoms. The number of amides is 1. The summed E-state index contributed by atoms with van der Waals surface area (Å²) in [6.07, 6.45) is -3.02. The van der Waals surface area contributed by atoms with Crippen LogP contribution in [0, 0.1) is 5.82 Å². The van der Waals surface area contributed by atoms with E-state index in [1.807, 2.05) is 0 Å². The summed E-state index contributed by atoms with van der Waals surface area (Å²) >= 11 is 0.961. The van der Waals surface area contributed by atoms with Crippen molar-refractivity contribution in [2.45, 2.75) is 25.8 Å². The standard InChI is InChI=1S/C21H16F4N4O3S/c1-10(13-3-2-11(22)4-14(13)21(23,24)25)32-17-6-18(33-19(17)20(26)31)29-9-28-15-7-27-12(8-30)5-16(15)29/h2-7,9-10,30H,8H2,1H3,(H2,26,31). The first-order valence-corrected chi connectivity index (χ1v) is 10.3. The molecule has 12 heteroatoms. The average molecular weight is 480 g/mol. The first-order chi connectivity index (χ1) is 15.6. The Morgan fingerprint density at radius 1 is 1.27 bits per heavy atom. The molecule has 3 N–H and O–H groups in total. The van der Waals surface area contributed by atoms with Crippen LogP contribution in [0.4, 0.5) is 17.6 Å². The van der Waals surface area contributed by atoms with E-state index in [0.29, 0.717) is 27.8 Å². The van der Waals surface area contributed by atoms with Crippen LogP contribution in [0.5, 0.6) is 5.75 Å². The number of pyridine rings is 1. The number of aromatic nitrogens is 3. The third-order valence-corrected chi connectivity index (χ3v) is 5.99. The number of ether oxygens (including phenoxy) is 1. The highest BCUT2D eigenvalue weighted by atomic mass is 32.1. The number of primary amides is 1. The van der Waals surface area contributed by atoms with E-state index in [4.69, 9.17) is 10.5 Å². The number of benzene rings is 1. The van der Waals surface area contributed by atoms with Crippen molar-refractivity contribution in [3.05, 3.63) is 70.4 Å². The maximum absolute atomic E-state index is 13.5. The third kappa shape index (κ3) is 4.39. The molecule has 1 atom stereocenters. The number of thiophene rings is 1. The molecule has 0 saturated heterocycles. The Morgan fingerprint density at radius 3 is 2.70 bits per heavy atom. The van der Waals surface area contributed by atoms with E-state index < -0.39 is 29.6 Å². The first kappa shape index (κ1) is 22.7. The number of hydrogen-bond acceptors (Lipinski definition) is 6. The van der Waals surface area contributed by atoms with Crippen LogP contribution in [0.3, 0.4) is 0 Å². The Hall–Kier alpha value is -3.51. The van der Waals surface area contributed by atoms with Gasteiger partial charge in [-0.1, -0.05) is 6.07 Å². The van der Waals surface area contributed by atoms with Crippen LogP contribution < -0.4 is 10.5 Å². The molecule has 1 aromatic carbocycles. The number of imidazole rings is 1. The van der Waals surface area contributed by atoms with Crippen LogP contribution in [-0.4, -0.2) is 25.5 Å². The van der Waals surface area contributed by atoms with Crippen molar-refractivity contribution in [1.29, 1.82) is 0 Å². The van der Waals surface area contributed by atoms with E-state index in [0.717, 1.165) is 23.5 Å².